The Morgan fingerprint density at radius 2 is 1.79 bits per heavy atom. The van der Waals surface area contributed by atoms with Crippen LogP contribution in [0.25, 0.3) is 0 Å². The number of hydrogen-bond donors (Lipinski definition) is 1. The van der Waals surface area contributed by atoms with Crippen LogP contribution in [0.4, 0.5) is 36.8 Å². The molecule has 1 N–H and O–H groups in total. The van der Waals surface area contributed by atoms with E-state index in [1.54, 1.807) is 20.8 Å². The van der Waals surface area contributed by atoms with Crippen LogP contribution in [-0.4, -0.2) is 34.6 Å². The fourth-order valence-corrected chi connectivity index (χ4v) is 2.56. The second kappa shape index (κ2) is 9.55. The lowest BCUT2D eigenvalue weighted by atomic mass is 10.1. The first kappa shape index (κ1) is 25.8. The largest absolute Gasteiger partial charge is 0.444 e. The molecule has 0 unspecified atom stereocenters. The summed E-state index contributed by atoms with van der Waals surface area (Å²) in [6.07, 6.45) is -10.5. The molecule has 0 saturated heterocycles. The van der Waals surface area contributed by atoms with Crippen LogP contribution in [0.3, 0.4) is 0 Å². The van der Waals surface area contributed by atoms with Crippen molar-refractivity contribution < 1.29 is 40.3 Å². The number of carbonyl (C=O) groups is 1. The lowest BCUT2D eigenvalue weighted by molar-refractivity contribution is -0.137. The average molecular weight is 479 g/mol. The maximum Gasteiger partial charge on any atom is 0.417 e. The highest BCUT2D eigenvalue weighted by atomic mass is 19.4. The molecule has 0 aliphatic carbocycles. The molecule has 0 aliphatic rings. The number of alkyl halides is 6. The van der Waals surface area contributed by atoms with Crippen molar-refractivity contribution in [1.29, 1.82) is 5.26 Å². The van der Waals surface area contributed by atoms with Crippen LogP contribution < -0.4 is 10.2 Å². The van der Waals surface area contributed by atoms with Crippen LogP contribution in [0.5, 0.6) is 0 Å². The van der Waals surface area contributed by atoms with E-state index in [9.17, 15) is 31.1 Å². The van der Waals surface area contributed by atoms with Crippen molar-refractivity contribution in [3.8, 4) is 6.07 Å². The van der Waals surface area contributed by atoms with Crippen LogP contribution in [0.15, 0.2) is 22.6 Å². The zero-order chi connectivity index (χ0) is 25.0. The molecule has 0 spiro atoms. The van der Waals surface area contributed by atoms with E-state index in [1.807, 2.05) is 0 Å². The van der Waals surface area contributed by atoms with Gasteiger partial charge in [-0.2, -0.15) is 31.6 Å². The third kappa shape index (κ3) is 8.17. The van der Waals surface area contributed by atoms with Gasteiger partial charge in [-0.3, -0.25) is 0 Å². The van der Waals surface area contributed by atoms with Crippen molar-refractivity contribution in [3.63, 3.8) is 0 Å². The van der Waals surface area contributed by atoms with Gasteiger partial charge >= 0.3 is 18.4 Å². The molecular weight excluding hydrogens is 460 g/mol. The number of nitrogens with one attached hydrogen (secondary N) is 1. The number of carbonyl (C=O) groups excluding carboxylic acids is 1. The van der Waals surface area contributed by atoms with Gasteiger partial charge in [-0.25, -0.2) is 4.79 Å². The highest BCUT2D eigenvalue weighted by Gasteiger charge is 2.36. The van der Waals surface area contributed by atoms with Gasteiger partial charge in [0.1, 0.15) is 12.1 Å². The Hall–Kier alpha value is -3.50. The number of ether oxygens (including phenoxy) is 1. The topological polar surface area (TPSA) is 104 Å². The van der Waals surface area contributed by atoms with E-state index in [1.165, 1.54) is 6.07 Å². The number of halogens is 6. The predicted molar refractivity (Wildman–Crippen MR) is 101 cm³/mol. The maximum atomic E-state index is 13.2. The van der Waals surface area contributed by atoms with E-state index in [0.29, 0.717) is 11.0 Å². The summed E-state index contributed by atoms with van der Waals surface area (Å²) in [4.78, 5) is 12.2. The van der Waals surface area contributed by atoms with E-state index in [4.69, 9.17) is 14.4 Å². The third-order valence-corrected chi connectivity index (χ3v) is 3.78. The number of nitriles is 1. The van der Waals surface area contributed by atoms with E-state index in [2.05, 4.69) is 15.5 Å². The molecule has 0 aliphatic heterocycles. The summed E-state index contributed by atoms with van der Waals surface area (Å²) in [5.74, 6) is -0.489. The Balaban J connectivity index is 2.23. The first-order valence-corrected chi connectivity index (χ1v) is 9.28. The van der Waals surface area contributed by atoms with E-state index < -0.39 is 54.0 Å². The Bertz CT molecular complexity index is 1020. The van der Waals surface area contributed by atoms with Crippen molar-refractivity contribution in [1.82, 2.24) is 15.5 Å². The lowest BCUT2D eigenvalue weighted by Gasteiger charge is -2.25. The number of amides is 1. The predicted octanol–water partition coefficient (Wildman–Crippen LogP) is 4.55. The Labute approximate surface area is 184 Å². The van der Waals surface area contributed by atoms with E-state index in [-0.39, 0.29) is 18.3 Å². The van der Waals surface area contributed by atoms with E-state index >= 15 is 0 Å². The molecule has 1 heterocycles. The normalized spacial score (nSPS) is 12.2. The fourth-order valence-electron chi connectivity index (χ4n) is 2.56. The van der Waals surface area contributed by atoms with Gasteiger partial charge in [0.25, 0.3) is 0 Å². The zero-order valence-electron chi connectivity index (χ0n) is 17.6. The monoisotopic (exact) mass is 479 g/mol. The minimum absolute atomic E-state index is 0.154. The molecule has 1 aromatic carbocycles. The number of hydrogen-bond acceptors (Lipinski definition) is 7. The third-order valence-electron chi connectivity index (χ3n) is 3.78. The van der Waals surface area contributed by atoms with Crippen LogP contribution in [-0.2, 0) is 24.0 Å². The summed E-state index contributed by atoms with van der Waals surface area (Å²) in [5, 5.41) is 18.4. The van der Waals surface area contributed by atoms with Gasteiger partial charge in [-0.05, 0) is 39.0 Å². The van der Waals surface area contributed by atoms with Gasteiger partial charge in [0, 0.05) is 5.69 Å². The SMILES string of the molecule is CC(C)(C)OC(=O)NCc1nnc(CN(CC(F)(F)F)c2ccc(C#N)c(C(F)(F)F)c2)o1. The van der Waals surface area contributed by atoms with Crippen molar-refractivity contribution >= 4 is 11.8 Å². The van der Waals surface area contributed by atoms with Gasteiger partial charge in [0.2, 0.25) is 11.8 Å². The quantitative estimate of drug-likeness (QED) is 0.606. The molecule has 0 bridgehead atoms. The van der Waals surface area contributed by atoms with Crippen molar-refractivity contribution in [2.24, 2.45) is 0 Å². The highest BCUT2D eigenvalue weighted by molar-refractivity contribution is 5.67. The average Bonchev–Trinajstić information content (AvgIpc) is 3.09. The molecule has 1 amide bonds. The van der Waals surface area contributed by atoms with Crippen LogP contribution >= 0.6 is 0 Å². The molecule has 0 atom stereocenters. The molecular formula is C19H19F6N5O3. The second-order valence-electron chi connectivity index (χ2n) is 7.76. The summed E-state index contributed by atoms with van der Waals surface area (Å²) in [6.45, 7) is 2.34. The molecule has 0 saturated carbocycles. The lowest BCUT2D eigenvalue weighted by Crippen LogP contribution is -2.34. The minimum Gasteiger partial charge on any atom is -0.444 e. The smallest absolute Gasteiger partial charge is 0.417 e. The van der Waals surface area contributed by atoms with E-state index in [0.717, 1.165) is 12.1 Å². The number of aromatic nitrogens is 2. The van der Waals surface area contributed by atoms with Gasteiger partial charge in [0.15, 0.2) is 0 Å². The molecule has 2 rings (SSSR count). The highest BCUT2D eigenvalue weighted by Crippen LogP contribution is 2.35. The molecule has 14 heteroatoms. The molecule has 1 aromatic heterocycles. The summed E-state index contributed by atoms with van der Waals surface area (Å²) >= 11 is 0. The standard InChI is InChI=1S/C19H19F6N5O3/c1-17(2,3)33-16(31)27-8-14-28-29-15(32-14)9-30(10-18(20,21)22)12-5-4-11(7-26)13(6-12)19(23,24)25/h4-6H,8-10H2,1-3H3,(H,27,31). The van der Waals surface area contributed by atoms with Crippen molar-refractivity contribution in [2.75, 3.05) is 11.4 Å². The molecule has 33 heavy (non-hydrogen) atoms. The van der Waals surface area contributed by atoms with Crippen LogP contribution in [0.1, 0.15) is 43.7 Å². The van der Waals surface area contributed by atoms with Gasteiger partial charge in [0.05, 0.1) is 30.3 Å². The van der Waals surface area contributed by atoms with Gasteiger partial charge in [-0.1, -0.05) is 0 Å². The second-order valence-corrected chi connectivity index (χ2v) is 7.76. The molecule has 8 nitrogen and oxygen atoms in total. The summed E-state index contributed by atoms with van der Waals surface area (Å²) in [6, 6.07) is 3.55. The van der Waals surface area contributed by atoms with Crippen LogP contribution in [0.2, 0.25) is 0 Å². The maximum absolute atomic E-state index is 13.2. The molecule has 0 fully saturated rings. The Kier molecular flexibility index (Phi) is 7.46. The minimum atomic E-state index is -4.95. The number of alkyl carbamates (subject to hydrolysis) is 1. The van der Waals surface area contributed by atoms with Gasteiger partial charge in [-0.15, -0.1) is 10.2 Å². The molecule has 180 valence electrons. The summed E-state index contributed by atoms with van der Waals surface area (Å²) in [5.41, 5.74) is -3.32. The Morgan fingerprint density at radius 3 is 2.33 bits per heavy atom. The number of benzene rings is 1. The number of rotatable bonds is 6. The fraction of sp³-hybridized carbons (Fsp3) is 0.474. The molecule has 0 radical (unpaired) electrons. The first-order chi connectivity index (χ1) is 15.1. The van der Waals surface area contributed by atoms with Crippen molar-refractivity contribution in [2.45, 2.75) is 51.8 Å². The molecule has 2 aromatic rings. The number of nitrogens with zero attached hydrogens (tertiary/aromatic N) is 4. The summed E-state index contributed by atoms with van der Waals surface area (Å²) < 4.78 is 89.1. The van der Waals surface area contributed by atoms with Crippen LogP contribution in [0, 0.1) is 11.3 Å². The van der Waals surface area contributed by atoms with Crippen molar-refractivity contribution in [3.05, 3.63) is 41.1 Å². The zero-order valence-corrected chi connectivity index (χ0v) is 17.6. The Morgan fingerprint density at radius 1 is 1.15 bits per heavy atom. The first-order valence-electron chi connectivity index (χ1n) is 9.28. The number of anilines is 1. The summed E-state index contributed by atoms with van der Waals surface area (Å²) in [7, 11) is 0. The van der Waals surface area contributed by atoms with Gasteiger partial charge < -0.3 is 19.4 Å².